The van der Waals surface area contributed by atoms with E-state index in [0.717, 1.165) is 6.42 Å². The number of amides is 1. The normalized spacial score (nSPS) is 14.1. The van der Waals surface area contributed by atoms with Gasteiger partial charge in [0.15, 0.2) is 0 Å². The van der Waals surface area contributed by atoms with E-state index in [2.05, 4.69) is 10.3 Å². The Balaban J connectivity index is 1.74. The van der Waals surface area contributed by atoms with E-state index in [9.17, 15) is 4.79 Å². The van der Waals surface area contributed by atoms with Crippen molar-refractivity contribution in [2.24, 2.45) is 5.92 Å². The Labute approximate surface area is 119 Å². The number of nitrogens with one attached hydrogen (secondary N) is 1. The van der Waals surface area contributed by atoms with Crippen molar-refractivity contribution in [3.63, 3.8) is 0 Å². The minimum atomic E-state index is -0.0971. The van der Waals surface area contributed by atoms with Gasteiger partial charge in [-0.25, -0.2) is 4.98 Å². The van der Waals surface area contributed by atoms with E-state index in [1.165, 1.54) is 12.8 Å². The number of carbonyl (C=O) groups excluding carboxylic acids is 1. The van der Waals surface area contributed by atoms with Crippen molar-refractivity contribution in [1.29, 1.82) is 0 Å². The van der Waals surface area contributed by atoms with Crippen LogP contribution in [0.4, 0.5) is 0 Å². The number of hydrogen-bond donors (Lipinski definition) is 1. The zero-order valence-corrected chi connectivity index (χ0v) is 11.9. The zero-order chi connectivity index (χ0) is 14.2. The third-order valence-corrected chi connectivity index (χ3v) is 3.12. The largest absolute Gasteiger partial charge is 0.477 e. The maximum atomic E-state index is 11.9. The van der Waals surface area contributed by atoms with Gasteiger partial charge in [-0.2, -0.15) is 0 Å². The Kier molecular flexibility index (Phi) is 5.80. The van der Waals surface area contributed by atoms with Crippen LogP contribution in [0.2, 0.25) is 0 Å². The average molecular weight is 278 g/mol. The highest BCUT2D eigenvalue weighted by atomic mass is 16.5. The highest BCUT2D eigenvalue weighted by Crippen LogP contribution is 2.29. The second-order valence-electron chi connectivity index (χ2n) is 4.94. The minimum Gasteiger partial charge on any atom is -0.477 e. The first kappa shape index (κ1) is 14.8. The summed E-state index contributed by atoms with van der Waals surface area (Å²) in [6, 6.07) is 3.39. The Bertz CT molecular complexity index is 433. The number of nitrogens with zero attached hydrogens (tertiary/aromatic N) is 1. The van der Waals surface area contributed by atoms with Gasteiger partial charge in [0, 0.05) is 37.6 Å². The summed E-state index contributed by atoms with van der Waals surface area (Å²) in [5.41, 5.74) is 0.585. The summed E-state index contributed by atoms with van der Waals surface area (Å²) in [4.78, 5) is 16.1. The van der Waals surface area contributed by atoms with Gasteiger partial charge in [0.25, 0.3) is 5.91 Å². The van der Waals surface area contributed by atoms with Crippen molar-refractivity contribution in [2.45, 2.75) is 26.2 Å². The molecule has 0 unspecified atom stereocenters. The van der Waals surface area contributed by atoms with Crippen LogP contribution >= 0.6 is 0 Å². The molecule has 1 heterocycles. The molecule has 2 rings (SSSR count). The number of rotatable bonds is 9. The van der Waals surface area contributed by atoms with E-state index in [0.29, 0.717) is 43.7 Å². The number of aromatic nitrogens is 1. The summed E-state index contributed by atoms with van der Waals surface area (Å²) in [5.74, 6) is 1.10. The molecule has 0 aliphatic heterocycles. The topological polar surface area (TPSA) is 60.5 Å². The van der Waals surface area contributed by atoms with Crippen LogP contribution in [-0.4, -0.2) is 37.3 Å². The number of hydrogen-bond acceptors (Lipinski definition) is 4. The lowest BCUT2D eigenvalue weighted by Crippen LogP contribution is -2.25. The maximum Gasteiger partial charge on any atom is 0.251 e. The second kappa shape index (κ2) is 7.85. The van der Waals surface area contributed by atoms with Crippen molar-refractivity contribution >= 4 is 5.91 Å². The van der Waals surface area contributed by atoms with Crippen LogP contribution in [0.3, 0.4) is 0 Å². The van der Waals surface area contributed by atoms with Gasteiger partial charge in [-0.05, 0) is 38.2 Å². The lowest BCUT2D eigenvalue weighted by Gasteiger charge is -2.07. The second-order valence-corrected chi connectivity index (χ2v) is 4.94. The number of ether oxygens (including phenoxy) is 2. The van der Waals surface area contributed by atoms with Gasteiger partial charge in [-0.15, -0.1) is 0 Å². The van der Waals surface area contributed by atoms with Gasteiger partial charge in [-0.1, -0.05) is 0 Å². The van der Waals surface area contributed by atoms with E-state index in [-0.39, 0.29) is 5.91 Å². The molecule has 0 atom stereocenters. The van der Waals surface area contributed by atoms with E-state index in [4.69, 9.17) is 9.47 Å². The summed E-state index contributed by atoms with van der Waals surface area (Å²) >= 11 is 0. The molecule has 0 radical (unpaired) electrons. The van der Waals surface area contributed by atoms with Crippen LogP contribution in [0.5, 0.6) is 5.88 Å². The molecule has 0 bridgehead atoms. The van der Waals surface area contributed by atoms with Crippen LogP contribution in [-0.2, 0) is 4.74 Å². The van der Waals surface area contributed by atoms with Crippen molar-refractivity contribution < 1.29 is 14.3 Å². The summed E-state index contributed by atoms with van der Waals surface area (Å²) in [6.45, 7) is 4.65. The van der Waals surface area contributed by atoms with Gasteiger partial charge in [0.1, 0.15) is 0 Å². The SMILES string of the molecule is CCOCCCNC(=O)c1ccnc(OCC2CC2)c1. The first-order chi connectivity index (χ1) is 9.79. The average Bonchev–Trinajstić information content (AvgIpc) is 3.29. The third kappa shape index (κ3) is 5.17. The third-order valence-electron chi connectivity index (χ3n) is 3.12. The van der Waals surface area contributed by atoms with E-state index in [1.807, 2.05) is 6.92 Å². The molecule has 1 amide bonds. The van der Waals surface area contributed by atoms with Crippen LogP contribution < -0.4 is 10.1 Å². The fourth-order valence-electron chi connectivity index (χ4n) is 1.74. The molecule has 1 fully saturated rings. The molecule has 1 aliphatic rings. The monoisotopic (exact) mass is 278 g/mol. The summed E-state index contributed by atoms with van der Waals surface area (Å²) in [7, 11) is 0. The summed E-state index contributed by atoms with van der Waals surface area (Å²) < 4.78 is 10.8. The fraction of sp³-hybridized carbons (Fsp3) is 0.600. The van der Waals surface area contributed by atoms with E-state index < -0.39 is 0 Å². The fourth-order valence-corrected chi connectivity index (χ4v) is 1.74. The Morgan fingerprint density at radius 3 is 3.10 bits per heavy atom. The Hall–Kier alpha value is -1.62. The predicted molar refractivity (Wildman–Crippen MR) is 75.9 cm³/mol. The first-order valence-electron chi connectivity index (χ1n) is 7.24. The van der Waals surface area contributed by atoms with Gasteiger partial charge < -0.3 is 14.8 Å². The van der Waals surface area contributed by atoms with Crippen LogP contribution in [0.15, 0.2) is 18.3 Å². The predicted octanol–water partition coefficient (Wildman–Crippen LogP) is 2.03. The molecule has 1 N–H and O–H groups in total. The lowest BCUT2D eigenvalue weighted by molar-refractivity contribution is 0.0943. The molecular formula is C15H22N2O3. The standard InChI is InChI=1S/C15H22N2O3/c1-2-19-9-3-7-17-15(18)13-6-8-16-14(10-13)20-11-12-4-5-12/h6,8,10,12H,2-5,7,9,11H2,1H3,(H,17,18). The smallest absolute Gasteiger partial charge is 0.251 e. The van der Waals surface area contributed by atoms with Crippen LogP contribution in [0.25, 0.3) is 0 Å². The molecule has 1 aromatic heterocycles. The van der Waals surface area contributed by atoms with Gasteiger partial charge in [0.05, 0.1) is 6.61 Å². The van der Waals surface area contributed by atoms with Crippen LogP contribution in [0, 0.1) is 5.92 Å². The molecule has 0 saturated heterocycles. The molecule has 5 nitrogen and oxygen atoms in total. The molecular weight excluding hydrogens is 256 g/mol. The van der Waals surface area contributed by atoms with Crippen molar-refractivity contribution in [2.75, 3.05) is 26.4 Å². The minimum absolute atomic E-state index is 0.0971. The molecule has 1 saturated carbocycles. The Morgan fingerprint density at radius 2 is 2.35 bits per heavy atom. The molecule has 0 aromatic carbocycles. The van der Waals surface area contributed by atoms with Crippen molar-refractivity contribution in [3.8, 4) is 5.88 Å². The zero-order valence-electron chi connectivity index (χ0n) is 11.9. The maximum absolute atomic E-state index is 11.9. The first-order valence-corrected chi connectivity index (χ1v) is 7.24. The highest BCUT2D eigenvalue weighted by Gasteiger charge is 2.22. The Morgan fingerprint density at radius 1 is 1.50 bits per heavy atom. The lowest BCUT2D eigenvalue weighted by atomic mass is 10.2. The van der Waals surface area contributed by atoms with E-state index in [1.54, 1.807) is 18.3 Å². The molecule has 0 spiro atoms. The summed E-state index contributed by atoms with van der Waals surface area (Å²) in [6.07, 6.45) is 4.90. The molecule has 20 heavy (non-hydrogen) atoms. The van der Waals surface area contributed by atoms with Gasteiger partial charge >= 0.3 is 0 Å². The quantitative estimate of drug-likeness (QED) is 0.702. The van der Waals surface area contributed by atoms with Gasteiger partial charge in [0.2, 0.25) is 5.88 Å². The molecule has 1 aliphatic carbocycles. The molecule has 1 aromatic rings. The summed E-state index contributed by atoms with van der Waals surface area (Å²) in [5, 5.41) is 2.86. The van der Waals surface area contributed by atoms with Gasteiger partial charge in [-0.3, -0.25) is 4.79 Å². The van der Waals surface area contributed by atoms with E-state index >= 15 is 0 Å². The van der Waals surface area contributed by atoms with Crippen LogP contribution in [0.1, 0.15) is 36.5 Å². The molecule has 110 valence electrons. The number of pyridine rings is 1. The number of carbonyl (C=O) groups is 1. The molecule has 5 heteroatoms. The van der Waals surface area contributed by atoms with Crippen molar-refractivity contribution in [3.05, 3.63) is 23.9 Å². The van der Waals surface area contributed by atoms with Crippen molar-refractivity contribution in [1.82, 2.24) is 10.3 Å². The highest BCUT2D eigenvalue weighted by molar-refractivity contribution is 5.94.